The van der Waals surface area contributed by atoms with Gasteiger partial charge in [0.15, 0.2) is 21.4 Å². The number of nitrogens with zero attached hydrogens (tertiary/aromatic N) is 2. The van der Waals surface area contributed by atoms with E-state index in [9.17, 15) is 32.3 Å². The van der Waals surface area contributed by atoms with E-state index < -0.39 is 36.0 Å². The Balaban J connectivity index is 1.64. The average molecular weight is 557 g/mol. The third kappa shape index (κ3) is 6.69. The molecule has 16 heteroatoms. The lowest BCUT2D eigenvalue weighted by Crippen LogP contribution is -2.38. The summed E-state index contributed by atoms with van der Waals surface area (Å²) in [4.78, 5) is 29.3. The third-order valence-electron chi connectivity index (χ3n) is 5.47. The molecule has 0 unspecified atom stereocenters. The Hall–Kier alpha value is -4.59. The van der Waals surface area contributed by atoms with E-state index in [1.54, 1.807) is 18.2 Å². The highest BCUT2D eigenvalue weighted by Gasteiger charge is 2.31. The van der Waals surface area contributed by atoms with Gasteiger partial charge in [-0.2, -0.15) is 5.10 Å². The first-order chi connectivity index (χ1) is 18.7. The molecule has 0 fully saturated rings. The SMILES string of the molecule is BC(B)(O)Oc1ncc(-c2ccc3c(C(=O)NC)n[nH]c3c2)cc1C(=O)NCc1cc(OC(F)(F)F)ccc1F. The Labute approximate surface area is 225 Å². The third-order valence-corrected chi connectivity index (χ3v) is 5.47. The molecule has 0 atom stereocenters. The number of H-pyrrole nitrogens is 1. The van der Waals surface area contributed by atoms with Gasteiger partial charge in [0, 0.05) is 36.3 Å². The molecular weight excluding hydrogens is 536 g/mol. The summed E-state index contributed by atoms with van der Waals surface area (Å²) in [7, 11) is 4.12. The number of amides is 2. The molecule has 0 saturated heterocycles. The second kappa shape index (κ2) is 10.9. The van der Waals surface area contributed by atoms with Crippen molar-refractivity contribution in [3.8, 4) is 22.8 Å². The highest BCUT2D eigenvalue weighted by atomic mass is 19.4. The summed E-state index contributed by atoms with van der Waals surface area (Å²) in [6.07, 6.45) is -3.58. The van der Waals surface area contributed by atoms with Crippen molar-refractivity contribution >= 4 is 38.4 Å². The predicted octanol–water partition coefficient (Wildman–Crippen LogP) is 1.20. The van der Waals surface area contributed by atoms with Gasteiger partial charge in [0.2, 0.25) is 5.88 Å². The predicted molar refractivity (Wildman–Crippen MR) is 140 cm³/mol. The molecule has 2 aromatic heterocycles. The summed E-state index contributed by atoms with van der Waals surface area (Å²) in [6, 6.07) is 8.86. The fourth-order valence-corrected chi connectivity index (χ4v) is 3.74. The summed E-state index contributed by atoms with van der Waals surface area (Å²) < 4.78 is 61.1. The van der Waals surface area contributed by atoms with Gasteiger partial charge in [-0.05, 0) is 42.0 Å². The molecule has 206 valence electrons. The van der Waals surface area contributed by atoms with Crippen LogP contribution in [-0.2, 0) is 6.54 Å². The molecule has 2 heterocycles. The summed E-state index contributed by atoms with van der Waals surface area (Å²) in [6.45, 7) is -0.492. The quantitative estimate of drug-likeness (QED) is 0.145. The zero-order chi connectivity index (χ0) is 29.2. The smallest absolute Gasteiger partial charge is 0.463 e. The standard InChI is InChI=1S/C24H21B2F4N5O5/c1-31-21(37)19-15-4-2-11(8-18(15)34-35-19)12-7-16(22(33-9-12)40-23(25,26)38)20(36)32-10-13-6-14(3-5-17(13)27)39-24(28,29)30/h2-9,38H,10,25-26H2,1H3,(H,31,37)(H,32,36)(H,34,35). The van der Waals surface area contributed by atoms with E-state index in [4.69, 9.17) is 4.74 Å². The Kier molecular flexibility index (Phi) is 7.73. The van der Waals surface area contributed by atoms with Gasteiger partial charge < -0.3 is 25.2 Å². The van der Waals surface area contributed by atoms with E-state index in [2.05, 4.69) is 30.6 Å². The van der Waals surface area contributed by atoms with Gasteiger partial charge in [0.25, 0.3) is 11.8 Å². The van der Waals surface area contributed by atoms with Crippen LogP contribution in [0.15, 0.2) is 48.7 Å². The van der Waals surface area contributed by atoms with E-state index in [0.29, 0.717) is 22.0 Å². The van der Waals surface area contributed by atoms with Crippen LogP contribution < -0.4 is 20.1 Å². The first-order valence-corrected chi connectivity index (χ1v) is 11.7. The molecular formula is C24H21B2F4N5O5. The molecule has 0 aliphatic heterocycles. The number of pyridine rings is 1. The number of alkyl halides is 3. The molecule has 0 saturated carbocycles. The van der Waals surface area contributed by atoms with Crippen molar-refractivity contribution in [1.82, 2.24) is 25.8 Å². The lowest BCUT2D eigenvalue weighted by Gasteiger charge is -2.22. The number of nitrogens with one attached hydrogen (secondary N) is 3. The number of aromatic nitrogens is 3. The Morgan fingerprint density at radius 1 is 1.05 bits per heavy atom. The Morgan fingerprint density at radius 2 is 1.80 bits per heavy atom. The minimum absolute atomic E-state index is 0.140. The summed E-state index contributed by atoms with van der Waals surface area (Å²) in [5.74, 6) is -2.94. The number of halogens is 4. The number of benzene rings is 2. The van der Waals surface area contributed by atoms with Gasteiger partial charge in [-0.3, -0.25) is 14.7 Å². The lowest BCUT2D eigenvalue weighted by molar-refractivity contribution is -0.274. The Bertz CT molecular complexity index is 1590. The summed E-state index contributed by atoms with van der Waals surface area (Å²) >= 11 is 0. The average Bonchev–Trinajstić information content (AvgIpc) is 3.30. The monoisotopic (exact) mass is 557 g/mol. The van der Waals surface area contributed by atoms with Gasteiger partial charge in [0.05, 0.1) is 5.52 Å². The number of fused-ring (bicyclic) bond motifs is 1. The number of hydrogen-bond acceptors (Lipinski definition) is 7. The topological polar surface area (TPSA) is 138 Å². The molecule has 0 aliphatic rings. The van der Waals surface area contributed by atoms with Crippen molar-refractivity contribution in [1.29, 1.82) is 0 Å². The van der Waals surface area contributed by atoms with Crippen LogP contribution in [0.2, 0.25) is 0 Å². The maximum atomic E-state index is 14.3. The number of aliphatic hydroxyl groups is 1. The van der Waals surface area contributed by atoms with Crippen molar-refractivity contribution < 1.29 is 41.7 Å². The van der Waals surface area contributed by atoms with Crippen LogP contribution in [0.5, 0.6) is 11.6 Å². The first kappa shape index (κ1) is 28.4. The minimum Gasteiger partial charge on any atom is -0.463 e. The zero-order valence-electron chi connectivity index (χ0n) is 21.3. The molecule has 0 bridgehead atoms. The highest BCUT2D eigenvalue weighted by molar-refractivity contribution is 6.37. The number of carbonyl (C=O) groups is 2. The number of ether oxygens (including phenoxy) is 2. The maximum absolute atomic E-state index is 14.3. The number of carbonyl (C=O) groups excluding carboxylic acids is 2. The van der Waals surface area contributed by atoms with Gasteiger partial charge >= 0.3 is 6.36 Å². The Morgan fingerprint density at radius 3 is 2.48 bits per heavy atom. The molecule has 4 rings (SSSR count). The van der Waals surface area contributed by atoms with Gasteiger partial charge in [-0.1, -0.05) is 6.07 Å². The first-order valence-electron chi connectivity index (χ1n) is 11.7. The van der Waals surface area contributed by atoms with Crippen LogP contribution in [0.4, 0.5) is 17.6 Å². The largest absolute Gasteiger partial charge is 0.573 e. The molecule has 4 N–H and O–H groups in total. The van der Waals surface area contributed by atoms with Crippen molar-refractivity contribution in [2.45, 2.75) is 18.5 Å². The lowest BCUT2D eigenvalue weighted by atomic mass is 9.76. The van der Waals surface area contributed by atoms with Gasteiger partial charge in [-0.25, -0.2) is 9.37 Å². The van der Waals surface area contributed by atoms with Crippen molar-refractivity contribution in [3.05, 3.63) is 71.3 Å². The number of aromatic amines is 1. The maximum Gasteiger partial charge on any atom is 0.573 e. The van der Waals surface area contributed by atoms with Gasteiger partial charge in [-0.15, -0.1) is 13.2 Å². The van der Waals surface area contributed by atoms with Crippen LogP contribution >= 0.6 is 0 Å². The minimum atomic E-state index is -4.98. The molecule has 0 radical (unpaired) electrons. The molecule has 10 nitrogen and oxygen atoms in total. The fraction of sp³-hybridized carbons (Fsp3) is 0.167. The normalized spacial score (nSPS) is 11.8. The molecule has 0 aliphatic carbocycles. The van der Waals surface area contributed by atoms with E-state index in [0.717, 1.165) is 18.2 Å². The van der Waals surface area contributed by atoms with Crippen molar-refractivity contribution in [3.63, 3.8) is 0 Å². The van der Waals surface area contributed by atoms with Crippen molar-refractivity contribution in [2.75, 3.05) is 7.05 Å². The second-order valence-electron chi connectivity index (χ2n) is 9.02. The summed E-state index contributed by atoms with van der Waals surface area (Å²) in [5, 5.41) is 22.4. The molecule has 2 amide bonds. The number of rotatable bonds is 8. The molecule has 40 heavy (non-hydrogen) atoms. The fourth-order valence-electron chi connectivity index (χ4n) is 3.74. The highest BCUT2D eigenvalue weighted by Crippen LogP contribution is 2.29. The molecule has 2 aromatic carbocycles. The van der Waals surface area contributed by atoms with Crippen LogP contribution in [0, 0.1) is 5.82 Å². The van der Waals surface area contributed by atoms with E-state index in [-0.39, 0.29) is 28.6 Å². The van der Waals surface area contributed by atoms with Crippen LogP contribution in [0.1, 0.15) is 26.4 Å². The summed E-state index contributed by atoms with van der Waals surface area (Å²) in [5.41, 5.74) is -0.357. The molecule has 4 aromatic rings. The zero-order valence-corrected chi connectivity index (χ0v) is 21.3. The van der Waals surface area contributed by atoms with Gasteiger partial charge in [0.1, 0.15) is 22.7 Å². The molecule has 0 spiro atoms. The number of hydrogen-bond donors (Lipinski definition) is 4. The van der Waals surface area contributed by atoms with E-state index in [1.165, 1.54) is 35.0 Å². The van der Waals surface area contributed by atoms with Crippen LogP contribution in [-0.4, -0.2) is 66.8 Å². The van der Waals surface area contributed by atoms with E-state index >= 15 is 0 Å². The van der Waals surface area contributed by atoms with Crippen LogP contribution in [0.25, 0.3) is 22.0 Å². The van der Waals surface area contributed by atoms with Crippen LogP contribution in [0.3, 0.4) is 0 Å². The van der Waals surface area contributed by atoms with E-state index in [1.807, 2.05) is 0 Å². The second-order valence-corrected chi connectivity index (χ2v) is 9.02. The van der Waals surface area contributed by atoms with Crippen molar-refractivity contribution in [2.24, 2.45) is 0 Å².